The van der Waals surface area contributed by atoms with E-state index in [4.69, 9.17) is 5.73 Å². The van der Waals surface area contributed by atoms with Crippen LogP contribution in [0.2, 0.25) is 0 Å². The molecule has 1 aliphatic rings. The number of piperidine rings is 1. The molecule has 0 radical (unpaired) electrons. The summed E-state index contributed by atoms with van der Waals surface area (Å²) < 4.78 is 0. The van der Waals surface area contributed by atoms with Gasteiger partial charge in [0, 0.05) is 5.92 Å². The van der Waals surface area contributed by atoms with Crippen molar-refractivity contribution in [1.82, 2.24) is 4.90 Å². The second-order valence-electron chi connectivity index (χ2n) is 2.97. The monoisotopic (exact) mass is 142 g/mol. The van der Waals surface area contributed by atoms with Crippen molar-refractivity contribution in [2.45, 2.75) is 19.0 Å². The van der Waals surface area contributed by atoms with E-state index in [9.17, 15) is 4.79 Å². The van der Waals surface area contributed by atoms with Crippen molar-refractivity contribution < 1.29 is 4.79 Å². The van der Waals surface area contributed by atoms with Crippen LogP contribution in [-0.4, -0.2) is 30.9 Å². The van der Waals surface area contributed by atoms with Gasteiger partial charge in [-0.05, 0) is 26.4 Å². The standard InChI is InChI=1S/C7H14N2O/c1-9-3-2-6(5-10)4-7(9)8/h5-7H,2-4,8H2,1H3. The molecule has 1 saturated heterocycles. The predicted molar refractivity (Wildman–Crippen MR) is 39.4 cm³/mol. The van der Waals surface area contributed by atoms with Crippen LogP contribution < -0.4 is 5.73 Å². The Morgan fingerprint density at radius 1 is 1.70 bits per heavy atom. The minimum atomic E-state index is 0.0870. The number of nitrogens with zero attached hydrogens (tertiary/aromatic N) is 1. The third-order valence-electron chi connectivity index (χ3n) is 2.16. The Morgan fingerprint density at radius 2 is 2.40 bits per heavy atom. The van der Waals surface area contributed by atoms with Gasteiger partial charge in [0.05, 0.1) is 6.17 Å². The second kappa shape index (κ2) is 3.12. The van der Waals surface area contributed by atoms with Gasteiger partial charge >= 0.3 is 0 Å². The molecule has 0 spiro atoms. The highest BCUT2D eigenvalue weighted by atomic mass is 16.1. The van der Waals surface area contributed by atoms with Crippen molar-refractivity contribution in [3.05, 3.63) is 0 Å². The van der Waals surface area contributed by atoms with Crippen molar-refractivity contribution in [3.63, 3.8) is 0 Å². The van der Waals surface area contributed by atoms with Crippen LogP contribution in [0.4, 0.5) is 0 Å². The van der Waals surface area contributed by atoms with Gasteiger partial charge in [-0.3, -0.25) is 4.90 Å². The number of rotatable bonds is 1. The van der Waals surface area contributed by atoms with Crippen LogP contribution in [-0.2, 0) is 4.79 Å². The van der Waals surface area contributed by atoms with Gasteiger partial charge in [-0.25, -0.2) is 0 Å². The van der Waals surface area contributed by atoms with Gasteiger partial charge in [0.15, 0.2) is 0 Å². The van der Waals surface area contributed by atoms with E-state index in [1.807, 2.05) is 7.05 Å². The van der Waals surface area contributed by atoms with E-state index in [1.54, 1.807) is 0 Å². The lowest BCUT2D eigenvalue weighted by Crippen LogP contribution is -2.45. The fraction of sp³-hybridized carbons (Fsp3) is 0.857. The van der Waals surface area contributed by atoms with Gasteiger partial charge in [0.1, 0.15) is 6.29 Å². The van der Waals surface area contributed by atoms with E-state index in [1.165, 1.54) is 0 Å². The smallest absolute Gasteiger partial charge is 0.123 e. The van der Waals surface area contributed by atoms with Crippen LogP contribution in [0.15, 0.2) is 0 Å². The molecule has 58 valence electrons. The first-order valence-electron chi connectivity index (χ1n) is 3.65. The van der Waals surface area contributed by atoms with Crippen LogP contribution in [0, 0.1) is 5.92 Å². The van der Waals surface area contributed by atoms with Crippen LogP contribution in [0.1, 0.15) is 12.8 Å². The molecule has 3 heteroatoms. The molecule has 0 aromatic rings. The molecule has 0 aromatic carbocycles. The molecular weight excluding hydrogens is 128 g/mol. The van der Waals surface area contributed by atoms with Gasteiger partial charge in [-0.2, -0.15) is 0 Å². The zero-order valence-electron chi connectivity index (χ0n) is 6.29. The molecule has 2 N–H and O–H groups in total. The lowest BCUT2D eigenvalue weighted by Gasteiger charge is -2.32. The van der Waals surface area contributed by atoms with Gasteiger partial charge in [0.2, 0.25) is 0 Å². The number of aldehydes is 1. The number of carbonyl (C=O) groups excluding carboxylic acids is 1. The zero-order chi connectivity index (χ0) is 7.56. The highest BCUT2D eigenvalue weighted by molar-refractivity contribution is 5.53. The van der Waals surface area contributed by atoms with Gasteiger partial charge in [-0.1, -0.05) is 0 Å². The third-order valence-corrected chi connectivity index (χ3v) is 2.16. The molecule has 1 rings (SSSR count). The van der Waals surface area contributed by atoms with E-state index >= 15 is 0 Å². The predicted octanol–water partition coefficient (Wildman–Crippen LogP) is -0.188. The van der Waals surface area contributed by atoms with Crippen molar-refractivity contribution in [3.8, 4) is 0 Å². The van der Waals surface area contributed by atoms with E-state index in [2.05, 4.69) is 4.90 Å². The number of likely N-dealkylation sites (tertiary alicyclic amines) is 1. The molecule has 1 heterocycles. The topological polar surface area (TPSA) is 46.3 Å². The quantitative estimate of drug-likeness (QED) is 0.516. The Labute approximate surface area is 61.2 Å². The molecule has 10 heavy (non-hydrogen) atoms. The van der Waals surface area contributed by atoms with Crippen molar-refractivity contribution in [1.29, 1.82) is 0 Å². The number of hydrogen-bond acceptors (Lipinski definition) is 3. The molecule has 0 saturated carbocycles. The Bertz CT molecular complexity index is 127. The van der Waals surface area contributed by atoms with Crippen LogP contribution in [0.3, 0.4) is 0 Å². The Kier molecular flexibility index (Phi) is 2.40. The zero-order valence-corrected chi connectivity index (χ0v) is 6.29. The molecule has 0 aliphatic carbocycles. The summed E-state index contributed by atoms with van der Waals surface area (Å²) >= 11 is 0. The maximum atomic E-state index is 10.3. The molecule has 0 aromatic heterocycles. The van der Waals surface area contributed by atoms with Crippen molar-refractivity contribution in [2.75, 3.05) is 13.6 Å². The summed E-state index contributed by atoms with van der Waals surface area (Å²) in [5, 5.41) is 0. The first-order chi connectivity index (χ1) is 4.74. The summed E-state index contributed by atoms with van der Waals surface area (Å²) in [4.78, 5) is 12.4. The number of hydrogen-bond donors (Lipinski definition) is 1. The minimum absolute atomic E-state index is 0.0870. The molecule has 0 bridgehead atoms. The summed E-state index contributed by atoms with van der Waals surface area (Å²) in [6.07, 6.45) is 2.89. The van der Waals surface area contributed by atoms with Crippen LogP contribution in [0.25, 0.3) is 0 Å². The first kappa shape index (κ1) is 7.69. The molecular formula is C7H14N2O. The summed E-state index contributed by atoms with van der Waals surface area (Å²) in [6.45, 7) is 0.949. The molecule has 2 unspecified atom stereocenters. The number of nitrogens with two attached hydrogens (primary N) is 1. The van der Waals surface area contributed by atoms with Gasteiger partial charge in [0.25, 0.3) is 0 Å². The average molecular weight is 142 g/mol. The Morgan fingerprint density at radius 3 is 2.90 bits per heavy atom. The van der Waals surface area contributed by atoms with Crippen LogP contribution >= 0.6 is 0 Å². The molecule has 1 aliphatic heterocycles. The van der Waals surface area contributed by atoms with Crippen molar-refractivity contribution in [2.24, 2.45) is 11.7 Å². The molecule has 0 amide bonds. The summed E-state index contributed by atoms with van der Waals surface area (Å²) in [5.74, 6) is 0.200. The SMILES string of the molecule is CN1CCC(C=O)CC1N. The lowest BCUT2D eigenvalue weighted by molar-refractivity contribution is -0.112. The molecule has 3 nitrogen and oxygen atoms in total. The fourth-order valence-electron chi connectivity index (χ4n) is 1.27. The van der Waals surface area contributed by atoms with E-state index in [0.717, 1.165) is 25.7 Å². The first-order valence-corrected chi connectivity index (χ1v) is 3.65. The second-order valence-corrected chi connectivity index (χ2v) is 2.97. The third kappa shape index (κ3) is 1.55. The average Bonchev–Trinajstić information content (AvgIpc) is 1.95. The molecule has 2 atom stereocenters. The van der Waals surface area contributed by atoms with Crippen LogP contribution in [0.5, 0.6) is 0 Å². The van der Waals surface area contributed by atoms with E-state index < -0.39 is 0 Å². The highest BCUT2D eigenvalue weighted by Gasteiger charge is 2.21. The maximum Gasteiger partial charge on any atom is 0.123 e. The summed E-state index contributed by atoms with van der Waals surface area (Å²) in [5.41, 5.74) is 5.71. The Hall–Kier alpha value is -0.410. The summed E-state index contributed by atoms with van der Waals surface area (Å²) in [6, 6.07) is 0. The fourth-order valence-corrected chi connectivity index (χ4v) is 1.27. The Balaban J connectivity index is 2.40. The van der Waals surface area contributed by atoms with E-state index in [-0.39, 0.29) is 12.1 Å². The minimum Gasteiger partial charge on any atom is -0.316 e. The van der Waals surface area contributed by atoms with Gasteiger partial charge < -0.3 is 10.5 Å². The molecule has 1 fully saturated rings. The largest absolute Gasteiger partial charge is 0.316 e. The van der Waals surface area contributed by atoms with Gasteiger partial charge in [-0.15, -0.1) is 0 Å². The summed E-state index contributed by atoms with van der Waals surface area (Å²) in [7, 11) is 1.99. The van der Waals surface area contributed by atoms with Crippen molar-refractivity contribution >= 4 is 6.29 Å². The lowest BCUT2D eigenvalue weighted by atomic mass is 9.97. The highest BCUT2D eigenvalue weighted by Crippen LogP contribution is 2.16. The normalized spacial score (nSPS) is 35.8. The maximum absolute atomic E-state index is 10.3. The van der Waals surface area contributed by atoms with E-state index in [0.29, 0.717) is 0 Å². The number of carbonyl (C=O) groups is 1.